The Morgan fingerprint density at radius 3 is 2.46 bits per heavy atom. The molecule has 0 aliphatic carbocycles. The van der Waals surface area contributed by atoms with Crippen molar-refractivity contribution >= 4 is 28.3 Å². The lowest BCUT2D eigenvalue weighted by Crippen LogP contribution is -2.39. The highest BCUT2D eigenvalue weighted by Crippen LogP contribution is 2.28. The summed E-state index contributed by atoms with van der Waals surface area (Å²) in [4.78, 5) is 28.4. The molecule has 28 heavy (non-hydrogen) atoms. The van der Waals surface area contributed by atoms with Crippen molar-refractivity contribution in [1.29, 1.82) is 0 Å². The normalized spacial score (nSPS) is 17.1. The number of benzene rings is 3. The number of fused-ring (bicyclic) bond motifs is 1. The average Bonchev–Trinajstić information content (AvgIpc) is 2.98. The van der Waals surface area contributed by atoms with Crippen molar-refractivity contribution in [3.63, 3.8) is 0 Å². The number of imide groups is 1. The minimum absolute atomic E-state index is 0.0475. The van der Waals surface area contributed by atoms with Gasteiger partial charge in [0.1, 0.15) is 0 Å². The standard InChI is InChI=1S/C22H18F2N2O2/c1-25(13-14-6-9-18(23)19(24)10-14)20-12-21(27)26(22(20)28)17-8-7-15-4-2-3-5-16(15)11-17/h2-11,20H,12-13H2,1H3/t20-/m1/s1. The smallest absolute Gasteiger partial charge is 0.251 e. The molecule has 0 radical (unpaired) electrons. The second-order valence-corrected chi connectivity index (χ2v) is 6.98. The fraction of sp³-hybridized carbons (Fsp3) is 0.182. The summed E-state index contributed by atoms with van der Waals surface area (Å²) in [5.74, 6) is -2.44. The maximum absolute atomic E-state index is 13.4. The maximum atomic E-state index is 13.4. The summed E-state index contributed by atoms with van der Waals surface area (Å²) < 4.78 is 26.5. The van der Waals surface area contributed by atoms with Crippen molar-refractivity contribution in [2.75, 3.05) is 11.9 Å². The molecule has 0 aromatic heterocycles. The van der Waals surface area contributed by atoms with Crippen molar-refractivity contribution in [3.8, 4) is 0 Å². The number of carbonyl (C=O) groups excluding carboxylic acids is 2. The van der Waals surface area contributed by atoms with Crippen LogP contribution in [0.25, 0.3) is 10.8 Å². The van der Waals surface area contributed by atoms with E-state index in [9.17, 15) is 18.4 Å². The van der Waals surface area contributed by atoms with Crippen LogP contribution in [0.3, 0.4) is 0 Å². The van der Waals surface area contributed by atoms with Gasteiger partial charge in [0, 0.05) is 6.54 Å². The number of hydrogen-bond donors (Lipinski definition) is 0. The van der Waals surface area contributed by atoms with Crippen LogP contribution in [-0.2, 0) is 16.1 Å². The maximum Gasteiger partial charge on any atom is 0.251 e. The monoisotopic (exact) mass is 380 g/mol. The number of carbonyl (C=O) groups is 2. The van der Waals surface area contributed by atoms with Gasteiger partial charge in [0.15, 0.2) is 11.6 Å². The Morgan fingerprint density at radius 2 is 1.71 bits per heavy atom. The van der Waals surface area contributed by atoms with Crippen LogP contribution in [0.2, 0.25) is 0 Å². The summed E-state index contributed by atoms with van der Waals surface area (Å²) >= 11 is 0. The second-order valence-electron chi connectivity index (χ2n) is 6.98. The first kappa shape index (κ1) is 18.3. The summed E-state index contributed by atoms with van der Waals surface area (Å²) in [7, 11) is 1.70. The van der Waals surface area contributed by atoms with E-state index in [4.69, 9.17) is 0 Å². The molecule has 6 heteroatoms. The van der Waals surface area contributed by atoms with Crippen molar-refractivity contribution < 1.29 is 18.4 Å². The molecule has 0 spiro atoms. The van der Waals surface area contributed by atoms with E-state index < -0.39 is 17.7 Å². The van der Waals surface area contributed by atoms with E-state index >= 15 is 0 Å². The molecule has 0 saturated carbocycles. The zero-order valence-electron chi connectivity index (χ0n) is 15.2. The van der Waals surface area contributed by atoms with E-state index in [2.05, 4.69) is 0 Å². The summed E-state index contributed by atoms with van der Waals surface area (Å²) in [6.07, 6.45) is 0.0475. The summed E-state index contributed by atoms with van der Waals surface area (Å²) in [6.45, 7) is 0.229. The molecular formula is C22H18F2N2O2. The van der Waals surface area contributed by atoms with Crippen LogP contribution in [0, 0.1) is 11.6 Å². The minimum Gasteiger partial charge on any atom is -0.290 e. The molecule has 142 valence electrons. The van der Waals surface area contributed by atoms with Crippen LogP contribution in [0.4, 0.5) is 14.5 Å². The molecule has 1 heterocycles. The third-order valence-electron chi connectivity index (χ3n) is 5.06. The van der Waals surface area contributed by atoms with Crippen LogP contribution >= 0.6 is 0 Å². The fourth-order valence-corrected chi connectivity index (χ4v) is 3.58. The second kappa shape index (κ2) is 7.13. The molecule has 4 rings (SSSR count). The highest BCUT2D eigenvalue weighted by atomic mass is 19.2. The predicted molar refractivity (Wildman–Crippen MR) is 103 cm³/mol. The van der Waals surface area contributed by atoms with Crippen molar-refractivity contribution in [2.45, 2.75) is 19.0 Å². The van der Waals surface area contributed by atoms with Crippen LogP contribution in [-0.4, -0.2) is 29.8 Å². The Labute approximate surface area is 161 Å². The molecule has 3 aromatic carbocycles. The van der Waals surface area contributed by atoms with E-state index in [0.29, 0.717) is 11.3 Å². The molecule has 0 N–H and O–H groups in total. The van der Waals surface area contributed by atoms with Gasteiger partial charge in [0.2, 0.25) is 5.91 Å². The molecule has 2 amide bonds. The first-order chi connectivity index (χ1) is 13.4. The van der Waals surface area contributed by atoms with Crippen molar-refractivity contribution in [2.24, 2.45) is 0 Å². The molecule has 1 fully saturated rings. The lowest BCUT2D eigenvalue weighted by molar-refractivity contribution is -0.122. The molecule has 1 saturated heterocycles. The van der Waals surface area contributed by atoms with Crippen LogP contribution < -0.4 is 4.90 Å². The van der Waals surface area contributed by atoms with Crippen LogP contribution in [0.1, 0.15) is 12.0 Å². The Balaban J connectivity index is 1.56. The van der Waals surface area contributed by atoms with Gasteiger partial charge in [-0.25, -0.2) is 13.7 Å². The van der Waals surface area contributed by atoms with E-state index in [1.54, 1.807) is 18.0 Å². The first-order valence-corrected chi connectivity index (χ1v) is 8.94. The molecule has 1 aliphatic rings. The fourth-order valence-electron chi connectivity index (χ4n) is 3.58. The Hall–Kier alpha value is -3.12. The van der Waals surface area contributed by atoms with E-state index in [0.717, 1.165) is 22.9 Å². The third-order valence-corrected chi connectivity index (χ3v) is 5.06. The highest BCUT2D eigenvalue weighted by molar-refractivity contribution is 6.22. The number of hydrogen-bond acceptors (Lipinski definition) is 3. The van der Waals surface area contributed by atoms with Gasteiger partial charge < -0.3 is 0 Å². The Morgan fingerprint density at radius 1 is 0.964 bits per heavy atom. The first-order valence-electron chi connectivity index (χ1n) is 8.94. The van der Waals surface area contributed by atoms with Gasteiger partial charge in [-0.15, -0.1) is 0 Å². The third kappa shape index (κ3) is 3.27. The highest BCUT2D eigenvalue weighted by Gasteiger charge is 2.41. The van der Waals surface area contributed by atoms with E-state index in [-0.39, 0.29) is 24.8 Å². The SMILES string of the molecule is CN(Cc1ccc(F)c(F)c1)[C@@H]1CC(=O)N(c2ccc3ccccc3c2)C1=O. The molecular weight excluding hydrogens is 362 g/mol. The van der Waals surface area contributed by atoms with E-state index in [1.807, 2.05) is 36.4 Å². The van der Waals surface area contributed by atoms with Gasteiger partial charge in [-0.1, -0.05) is 36.4 Å². The van der Waals surface area contributed by atoms with Crippen molar-refractivity contribution in [1.82, 2.24) is 4.90 Å². The van der Waals surface area contributed by atoms with Crippen LogP contribution in [0.15, 0.2) is 60.7 Å². The quantitative estimate of drug-likeness (QED) is 0.645. The molecule has 4 nitrogen and oxygen atoms in total. The number of nitrogens with zero attached hydrogens (tertiary/aromatic N) is 2. The molecule has 0 unspecified atom stereocenters. The van der Waals surface area contributed by atoms with Gasteiger partial charge in [0.25, 0.3) is 5.91 Å². The van der Waals surface area contributed by atoms with Gasteiger partial charge in [-0.3, -0.25) is 14.5 Å². The number of amides is 2. The largest absolute Gasteiger partial charge is 0.290 e. The number of halogens is 2. The predicted octanol–water partition coefficient (Wildman–Crippen LogP) is 3.88. The van der Waals surface area contributed by atoms with Gasteiger partial charge in [-0.2, -0.15) is 0 Å². The van der Waals surface area contributed by atoms with Gasteiger partial charge >= 0.3 is 0 Å². The minimum atomic E-state index is -0.933. The van der Waals surface area contributed by atoms with Crippen LogP contribution in [0.5, 0.6) is 0 Å². The summed E-state index contributed by atoms with van der Waals surface area (Å²) in [5.41, 5.74) is 1.07. The summed E-state index contributed by atoms with van der Waals surface area (Å²) in [5, 5.41) is 1.97. The number of likely N-dealkylation sites (N-methyl/N-ethyl adjacent to an activating group) is 1. The Bertz CT molecular complexity index is 1080. The number of rotatable bonds is 4. The zero-order chi connectivity index (χ0) is 19.8. The van der Waals surface area contributed by atoms with Gasteiger partial charge in [-0.05, 0) is 47.6 Å². The van der Waals surface area contributed by atoms with Gasteiger partial charge in [0.05, 0.1) is 18.2 Å². The molecule has 1 atom stereocenters. The summed E-state index contributed by atoms with van der Waals surface area (Å²) in [6, 6.07) is 16.2. The van der Waals surface area contributed by atoms with E-state index in [1.165, 1.54) is 11.0 Å². The Kier molecular flexibility index (Phi) is 4.65. The molecule has 3 aromatic rings. The molecule has 1 aliphatic heterocycles. The topological polar surface area (TPSA) is 40.6 Å². The number of anilines is 1. The average molecular weight is 380 g/mol. The zero-order valence-corrected chi connectivity index (χ0v) is 15.2. The lowest BCUT2D eigenvalue weighted by Gasteiger charge is -2.23. The van der Waals surface area contributed by atoms with Crippen molar-refractivity contribution in [3.05, 3.63) is 77.9 Å². The lowest BCUT2D eigenvalue weighted by atomic mass is 10.1. The molecule has 0 bridgehead atoms.